The van der Waals surface area contributed by atoms with Crippen molar-refractivity contribution in [3.8, 4) is 22.8 Å². The van der Waals surface area contributed by atoms with Gasteiger partial charge in [-0.1, -0.05) is 35.6 Å². The summed E-state index contributed by atoms with van der Waals surface area (Å²) in [6.07, 6.45) is 5.15. The summed E-state index contributed by atoms with van der Waals surface area (Å²) in [5.74, 6) is 2.58. The third kappa shape index (κ3) is 4.98. The summed E-state index contributed by atoms with van der Waals surface area (Å²) in [4.78, 5) is 28.3. The van der Waals surface area contributed by atoms with Crippen molar-refractivity contribution in [2.75, 3.05) is 13.7 Å². The molecule has 0 radical (unpaired) electrons. The Bertz CT molecular complexity index is 1750. The van der Waals surface area contributed by atoms with Crippen molar-refractivity contribution in [1.82, 2.24) is 14.6 Å². The number of hydrogen-bond acceptors (Lipinski definition) is 9. The van der Waals surface area contributed by atoms with Gasteiger partial charge in [-0.15, -0.1) is 5.10 Å². The van der Waals surface area contributed by atoms with Crippen LogP contribution in [0.2, 0.25) is 0 Å². The molecule has 2 aromatic carbocycles. The fourth-order valence-electron chi connectivity index (χ4n) is 3.64. The normalized spacial score (nSPS) is 12.0. The summed E-state index contributed by atoms with van der Waals surface area (Å²) < 4.78 is 18.4. The Hall–Kier alpha value is -4.77. The molecule has 37 heavy (non-hydrogen) atoms. The zero-order valence-corrected chi connectivity index (χ0v) is 20.6. The van der Waals surface area contributed by atoms with Gasteiger partial charge in [-0.2, -0.15) is 9.50 Å². The molecular weight excluding hydrogens is 496 g/mol. The number of nitrogens with zero attached hydrogens (tertiary/aromatic N) is 4. The predicted molar refractivity (Wildman–Crippen MR) is 140 cm³/mol. The highest BCUT2D eigenvalue weighted by Crippen LogP contribution is 2.29. The van der Waals surface area contributed by atoms with Gasteiger partial charge in [0.15, 0.2) is 17.3 Å². The van der Waals surface area contributed by atoms with E-state index in [1.807, 2.05) is 31.2 Å². The van der Waals surface area contributed by atoms with Crippen molar-refractivity contribution >= 4 is 40.2 Å². The van der Waals surface area contributed by atoms with Crippen LogP contribution in [0.1, 0.15) is 24.1 Å². The molecule has 0 amide bonds. The summed E-state index contributed by atoms with van der Waals surface area (Å²) in [6, 6.07) is 15.1. The number of ether oxygens (including phenoxy) is 2. The van der Waals surface area contributed by atoms with Crippen LogP contribution < -0.4 is 19.6 Å². The zero-order chi connectivity index (χ0) is 25.9. The second-order valence-electron chi connectivity index (χ2n) is 7.77. The molecule has 0 fully saturated rings. The van der Waals surface area contributed by atoms with Crippen molar-refractivity contribution in [2.45, 2.75) is 6.92 Å². The first-order valence-electron chi connectivity index (χ1n) is 11.2. The van der Waals surface area contributed by atoms with Gasteiger partial charge in [-0.05, 0) is 42.8 Å². The first kappa shape index (κ1) is 23.9. The van der Waals surface area contributed by atoms with Gasteiger partial charge >= 0.3 is 0 Å². The Labute approximate surface area is 213 Å². The van der Waals surface area contributed by atoms with Crippen LogP contribution in [-0.4, -0.2) is 33.2 Å². The number of aromatic nitrogens is 3. The average molecular weight is 517 g/mol. The molecule has 0 unspecified atom stereocenters. The first-order chi connectivity index (χ1) is 17.9. The SMILES string of the molecule is CCOc1ccc(/C=C/c2nc3s/c(=C\c4ccc(-c5cccc([N+](=O)[O-])c5)o4)c(=O)n3n2)cc1OC. The van der Waals surface area contributed by atoms with Gasteiger partial charge in [0.25, 0.3) is 11.2 Å². The molecule has 0 aliphatic rings. The molecule has 3 aromatic heterocycles. The fourth-order valence-corrected chi connectivity index (χ4v) is 4.54. The van der Waals surface area contributed by atoms with E-state index in [-0.39, 0.29) is 11.2 Å². The third-order valence-corrected chi connectivity index (χ3v) is 6.31. The minimum absolute atomic E-state index is 0.0293. The van der Waals surface area contributed by atoms with E-state index in [1.54, 1.807) is 43.5 Å². The van der Waals surface area contributed by atoms with Gasteiger partial charge in [0.05, 0.1) is 18.6 Å². The van der Waals surface area contributed by atoms with E-state index in [1.165, 1.54) is 28.0 Å². The van der Waals surface area contributed by atoms with Crippen LogP contribution in [0.4, 0.5) is 5.69 Å². The van der Waals surface area contributed by atoms with Gasteiger partial charge in [0.1, 0.15) is 16.1 Å². The second kappa shape index (κ2) is 10.1. The number of fused-ring (bicyclic) bond motifs is 1. The lowest BCUT2D eigenvalue weighted by Crippen LogP contribution is -2.23. The maximum absolute atomic E-state index is 12.9. The lowest BCUT2D eigenvalue weighted by molar-refractivity contribution is -0.384. The summed E-state index contributed by atoms with van der Waals surface area (Å²) in [5.41, 5.74) is 1.09. The highest BCUT2D eigenvalue weighted by molar-refractivity contribution is 7.15. The number of hydrogen-bond donors (Lipinski definition) is 0. The van der Waals surface area contributed by atoms with Crippen LogP contribution in [-0.2, 0) is 0 Å². The van der Waals surface area contributed by atoms with E-state index in [9.17, 15) is 14.9 Å². The monoisotopic (exact) mass is 516 g/mol. The second-order valence-corrected chi connectivity index (χ2v) is 8.78. The number of benzene rings is 2. The van der Waals surface area contributed by atoms with Gasteiger partial charge < -0.3 is 13.9 Å². The van der Waals surface area contributed by atoms with Crippen LogP contribution in [0.5, 0.6) is 11.5 Å². The molecule has 0 aliphatic carbocycles. The minimum atomic E-state index is -0.462. The van der Waals surface area contributed by atoms with Crippen molar-refractivity contribution in [3.05, 3.63) is 96.7 Å². The van der Waals surface area contributed by atoms with Crippen LogP contribution in [0.3, 0.4) is 0 Å². The molecule has 0 aliphatic heterocycles. The first-order valence-corrected chi connectivity index (χ1v) is 12.0. The van der Waals surface area contributed by atoms with E-state index in [2.05, 4.69) is 10.1 Å². The molecule has 186 valence electrons. The number of methoxy groups -OCH3 is 1. The Morgan fingerprint density at radius 3 is 2.76 bits per heavy atom. The molecule has 0 saturated carbocycles. The van der Waals surface area contributed by atoms with Crippen molar-refractivity contribution in [1.29, 1.82) is 0 Å². The predicted octanol–water partition coefficient (Wildman–Crippen LogP) is 4.44. The van der Waals surface area contributed by atoms with E-state index in [0.717, 1.165) is 5.56 Å². The molecule has 0 saturated heterocycles. The van der Waals surface area contributed by atoms with Crippen molar-refractivity contribution in [2.24, 2.45) is 0 Å². The maximum Gasteiger partial charge on any atom is 0.291 e. The fraction of sp³-hybridized carbons (Fsp3) is 0.115. The van der Waals surface area contributed by atoms with Gasteiger partial charge in [0.2, 0.25) is 4.96 Å². The summed E-state index contributed by atoms with van der Waals surface area (Å²) in [7, 11) is 1.58. The Kier molecular flexibility index (Phi) is 6.52. The number of nitro groups is 1. The lowest BCUT2D eigenvalue weighted by Gasteiger charge is -2.09. The summed E-state index contributed by atoms with van der Waals surface area (Å²) in [6.45, 7) is 2.44. The largest absolute Gasteiger partial charge is 0.493 e. The highest BCUT2D eigenvalue weighted by Gasteiger charge is 2.12. The molecule has 5 rings (SSSR count). The number of furan rings is 1. The lowest BCUT2D eigenvalue weighted by atomic mass is 10.1. The van der Waals surface area contributed by atoms with E-state index < -0.39 is 4.92 Å². The Morgan fingerprint density at radius 2 is 2.00 bits per heavy atom. The van der Waals surface area contributed by atoms with Crippen molar-refractivity contribution in [3.63, 3.8) is 0 Å². The smallest absolute Gasteiger partial charge is 0.291 e. The standard InChI is InChI=1S/C26H20N4O6S/c1-3-35-21-10-7-16(13-22(21)34-2)8-12-24-27-26-29(28-24)25(31)23(37-26)15-19-9-11-20(36-19)17-5-4-6-18(14-17)30(32)33/h4-15H,3H2,1-2H3/b12-8+,23-15-. The van der Waals surface area contributed by atoms with Crippen LogP contribution in [0.25, 0.3) is 34.5 Å². The highest BCUT2D eigenvalue weighted by atomic mass is 32.1. The van der Waals surface area contributed by atoms with E-state index >= 15 is 0 Å². The molecule has 0 spiro atoms. The third-order valence-electron chi connectivity index (χ3n) is 5.35. The van der Waals surface area contributed by atoms with Crippen LogP contribution >= 0.6 is 11.3 Å². The topological polar surface area (TPSA) is 122 Å². The molecule has 0 atom stereocenters. The molecule has 3 heterocycles. The van der Waals surface area contributed by atoms with Crippen LogP contribution in [0.15, 0.2) is 63.8 Å². The number of rotatable bonds is 8. The molecule has 5 aromatic rings. The summed E-state index contributed by atoms with van der Waals surface area (Å²) >= 11 is 1.19. The van der Waals surface area contributed by atoms with Gasteiger partial charge in [-0.25, -0.2) is 0 Å². The van der Waals surface area contributed by atoms with E-state index in [4.69, 9.17) is 13.9 Å². The van der Waals surface area contributed by atoms with Gasteiger partial charge in [0, 0.05) is 23.8 Å². The molecular formula is C26H20N4O6S. The van der Waals surface area contributed by atoms with Gasteiger partial charge in [-0.3, -0.25) is 14.9 Å². The molecule has 10 nitrogen and oxygen atoms in total. The minimum Gasteiger partial charge on any atom is -0.493 e. The van der Waals surface area contributed by atoms with Crippen molar-refractivity contribution < 1.29 is 18.8 Å². The van der Waals surface area contributed by atoms with E-state index in [0.29, 0.717) is 50.5 Å². The quantitative estimate of drug-likeness (QED) is 0.219. The number of nitro benzene ring substituents is 1. The molecule has 0 bridgehead atoms. The zero-order valence-electron chi connectivity index (χ0n) is 19.8. The average Bonchev–Trinajstić information content (AvgIpc) is 3.61. The molecule has 0 N–H and O–H groups in total. The van der Waals surface area contributed by atoms with Crippen LogP contribution in [0, 0.1) is 10.1 Å². The Balaban J connectivity index is 1.38. The Morgan fingerprint density at radius 1 is 1.14 bits per heavy atom. The summed E-state index contributed by atoms with van der Waals surface area (Å²) in [5, 5.41) is 15.3. The molecule has 11 heteroatoms. The number of non-ortho nitro benzene ring substituents is 1. The number of thiazole rings is 1. The maximum atomic E-state index is 12.9.